The van der Waals surface area contributed by atoms with Crippen molar-refractivity contribution in [3.8, 4) is 6.01 Å². The van der Waals surface area contributed by atoms with Crippen LogP contribution in [0.4, 0.5) is 15.9 Å². The Balaban J connectivity index is 1.33. The van der Waals surface area contributed by atoms with Gasteiger partial charge in [-0.2, -0.15) is 9.97 Å². The second kappa shape index (κ2) is 12.5. The molecule has 0 spiro atoms. The second-order valence-electron chi connectivity index (χ2n) is 11.8. The Hall–Kier alpha value is -4.01. The lowest BCUT2D eigenvalue weighted by atomic mass is 10.0. The van der Waals surface area contributed by atoms with Gasteiger partial charge in [0.1, 0.15) is 18.5 Å². The summed E-state index contributed by atoms with van der Waals surface area (Å²) in [5.41, 5.74) is 2.80. The van der Waals surface area contributed by atoms with Gasteiger partial charge in [0.15, 0.2) is 5.83 Å². The number of amides is 1. The highest BCUT2D eigenvalue weighted by molar-refractivity contribution is 6.36. The minimum atomic E-state index is -1.02. The van der Waals surface area contributed by atoms with Gasteiger partial charge in [0.25, 0.3) is 5.91 Å². The van der Waals surface area contributed by atoms with Gasteiger partial charge in [0.05, 0.1) is 29.1 Å². The van der Waals surface area contributed by atoms with Crippen molar-refractivity contribution in [3.05, 3.63) is 70.7 Å². The molecular weight excluding hydrogens is 583 g/mol. The van der Waals surface area contributed by atoms with E-state index in [1.807, 2.05) is 30.6 Å². The molecule has 1 amide bonds. The van der Waals surface area contributed by atoms with E-state index in [0.717, 1.165) is 33.5 Å². The number of ether oxygens (including phenoxy) is 1. The third-order valence-electron chi connectivity index (χ3n) is 8.92. The van der Waals surface area contributed by atoms with E-state index in [2.05, 4.69) is 45.1 Å². The summed E-state index contributed by atoms with van der Waals surface area (Å²) in [6, 6.07) is 6.41. The van der Waals surface area contributed by atoms with Crippen molar-refractivity contribution in [2.75, 3.05) is 56.2 Å². The molecule has 4 heterocycles. The van der Waals surface area contributed by atoms with Crippen LogP contribution in [-0.2, 0) is 17.8 Å². The third-order valence-corrected chi connectivity index (χ3v) is 9.24. The lowest BCUT2D eigenvalue weighted by Gasteiger charge is -2.41. The molecule has 44 heavy (non-hydrogen) atoms. The maximum atomic E-state index is 13.8. The molecule has 1 saturated carbocycles. The zero-order valence-electron chi connectivity index (χ0n) is 25.0. The quantitative estimate of drug-likeness (QED) is 0.256. The van der Waals surface area contributed by atoms with Gasteiger partial charge in [-0.25, -0.2) is 11.0 Å². The number of likely N-dealkylation sites (N-methyl/N-ethyl adjacent to an activating group) is 1. The van der Waals surface area contributed by atoms with E-state index < -0.39 is 17.8 Å². The van der Waals surface area contributed by atoms with Gasteiger partial charge in [-0.05, 0) is 39.3 Å². The maximum Gasteiger partial charge on any atom is 0.318 e. The molecule has 10 nitrogen and oxygen atoms in total. The molecule has 2 aromatic heterocycles. The minimum absolute atomic E-state index is 0.0553. The first kappa shape index (κ1) is 30.0. The topological polar surface area (TPSA) is 82.3 Å². The van der Waals surface area contributed by atoms with Crippen molar-refractivity contribution >= 4 is 39.8 Å². The number of pyridine rings is 1. The number of nitrogens with zero attached hydrogens (tertiary/aromatic N) is 8. The summed E-state index contributed by atoms with van der Waals surface area (Å²) in [7, 11) is 2.12. The first-order valence-corrected chi connectivity index (χ1v) is 15.4. The summed E-state index contributed by atoms with van der Waals surface area (Å²) < 4.78 is 20.1. The Bertz CT molecular complexity index is 1620. The van der Waals surface area contributed by atoms with Crippen LogP contribution in [0.15, 0.2) is 43.0 Å². The Morgan fingerprint density at radius 1 is 1.25 bits per heavy atom. The van der Waals surface area contributed by atoms with Gasteiger partial charge in [0.2, 0.25) is 6.54 Å². The molecule has 1 aromatic carbocycles. The number of hydrogen-bond donors (Lipinski definition) is 0. The van der Waals surface area contributed by atoms with E-state index in [1.54, 1.807) is 0 Å². The monoisotopic (exact) mass is 618 g/mol. The molecular formula is C32H36ClFN8O2. The molecule has 12 heteroatoms. The van der Waals surface area contributed by atoms with Gasteiger partial charge >= 0.3 is 6.01 Å². The average molecular weight is 619 g/mol. The van der Waals surface area contributed by atoms with E-state index in [1.165, 1.54) is 17.7 Å². The zero-order valence-corrected chi connectivity index (χ0v) is 25.8. The molecule has 0 unspecified atom stereocenters. The van der Waals surface area contributed by atoms with Crippen molar-refractivity contribution in [2.24, 2.45) is 0 Å². The number of rotatable bonds is 9. The normalized spacial score (nSPS) is 19.1. The fourth-order valence-corrected chi connectivity index (χ4v) is 6.50. The molecule has 2 aliphatic heterocycles. The second-order valence-corrected chi connectivity index (χ2v) is 12.2. The van der Waals surface area contributed by atoms with Crippen LogP contribution in [0, 0.1) is 6.57 Å². The largest absolute Gasteiger partial charge is 0.462 e. The summed E-state index contributed by atoms with van der Waals surface area (Å²) in [6.07, 6.45) is 6.74. The van der Waals surface area contributed by atoms with Crippen LogP contribution in [-0.4, -0.2) is 95.2 Å². The van der Waals surface area contributed by atoms with Gasteiger partial charge in [-0.1, -0.05) is 30.3 Å². The molecule has 6 rings (SSSR count). The summed E-state index contributed by atoms with van der Waals surface area (Å²) in [4.78, 5) is 38.4. The van der Waals surface area contributed by atoms with Gasteiger partial charge in [-0.3, -0.25) is 14.7 Å². The summed E-state index contributed by atoms with van der Waals surface area (Å²) in [5.74, 6) is -1.04. The fraction of sp³-hybridized carbons (Fsp3) is 0.469. The Labute approximate surface area is 261 Å². The number of hydrogen-bond acceptors (Lipinski definition) is 8. The van der Waals surface area contributed by atoms with Crippen molar-refractivity contribution < 1.29 is 13.9 Å². The van der Waals surface area contributed by atoms with Gasteiger partial charge in [0, 0.05) is 60.8 Å². The number of aromatic nitrogens is 3. The van der Waals surface area contributed by atoms with E-state index in [4.69, 9.17) is 32.9 Å². The number of carbonyl (C=O) groups is 1. The van der Waals surface area contributed by atoms with Crippen LogP contribution in [0.25, 0.3) is 15.6 Å². The lowest BCUT2D eigenvalue weighted by Crippen LogP contribution is -2.57. The summed E-state index contributed by atoms with van der Waals surface area (Å²) in [5, 5.41) is 2.59. The van der Waals surface area contributed by atoms with Crippen LogP contribution >= 0.6 is 11.6 Å². The molecule has 0 radical (unpaired) electrons. The highest BCUT2D eigenvalue weighted by Gasteiger charge is 2.36. The predicted octanol–water partition coefficient (Wildman–Crippen LogP) is 4.52. The van der Waals surface area contributed by atoms with Gasteiger partial charge < -0.3 is 24.3 Å². The number of halogens is 2. The molecule has 1 aliphatic carbocycles. The number of benzene rings is 1. The molecule has 3 aliphatic rings. The van der Waals surface area contributed by atoms with Crippen LogP contribution in [0.2, 0.25) is 5.02 Å². The minimum Gasteiger partial charge on any atom is -0.462 e. The fourth-order valence-electron chi connectivity index (χ4n) is 6.22. The van der Waals surface area contributed by atoms with E-state index >= 15 is 0 Å². The number of fused-ring (bicyclic) bond motifs is 2. The Morgan fingerprint density at radius 3 is 2.82 bits per heavy atom. The molecule has 0 bridgehead atoms. The first-order chi connectivity index (χ1) is 21.2. The summed E-state index contributed by atoms with van der Waals surface area (Å²) in [6.45, 7) is 15.5. The highest BCUT2D eigenvalue weighted by atomic mass is 35.5. The Morgan fingerprint density at radius 2 is 2.07 bits per heavy atom. The van der Waals surface area contributed by atoms with Crippen LogP contribution < -0.4 is 14.5 Å². The first-order valence-electron chi connectivity index (χ1n) is 15.0. The van der Waals surface area contributed by atoms with Crippen molar-refractivity contribution in [2.45, 2.75) is 50.9 Å². The molecule has 0 N–H and O–H groups in total. The molecule has 3 aromatic rings. The maximum absolute atomic E-state index is 13.8. The molecule has 230 valence electrons. The predicted molar refractivity (Wildman–Crippen MR) is 169 cm³/mol. The zero-order chi connectivity index (χ0) is 31.0. The number of piperazine rings is 1. The molecule has 2 atom stereocenters. The van der Waals surface area contributed by atoms with Crippen LogP contribution in [0.5, 0.6) is 6.01 Å². The number of carbonyl (C=O) groups excluding carboxylic acids is 1. The van der Waals surface area contributed by atoms with Crippen molar-refractivity contribution in [1.82, 2.24) is 24.8 Å². The number of anilines is 2. The Kier molecular flexibility index (Phi) is 8.56. The van der Waals surface area contributed by atoms with Gasteiger partial charge in [-0.15, -0.1) is 0 Å². The van der Waals surface area contributed by atoms with Crippen molar-refractivity contribution in [3.63, 3.8) is 0 Å². The van der Waals surface area contributed by atoms with E-state index in [9.17, 15) is 9.18 Å². The lowest BCUT2D eigenvalue weighted by molar-refractivity contribution is -0.131. The van der Waals surface area contributed by atoms with E-state index in [-0.39, 0.29) is 19.1 Å². The van der Waals surface area contributed by atoms with Crippen LogP contribution in [0.3, 0.4) is 0 Å². The third kappa shape index (κ3) is 6.01. The smallest absolute Gasteiger partial charge is 0.318 e. The SMILES string of the molecule is [C-]#[N+]C[C@H]1CN(c2nc(OC[C@@H](C)N(C)C3CC3)nc3c2CCN(c2cncc4cccc(Cl)c24)C3)CCN1C(=O)C(=C)F. The summed E-state index contributed by atoms with van der Waals surface area (Å²) >= 11 is 6.66. The van der Waals surface area contributed by atoms with E-state index in [0.29, 0.717) is 56.3 Å². The molecule has 2 fully saturated rings. The van der Waals surface area contributed by atoms with Crippen molar-refractivity contribution in [1.29, 1.82) is 0 Å². The van der Waals surface area contributed by atoms with Crippen LogP contribution in [0.1, 0.15) is 31.0 Å². The standard InChI is InChI=1S/C32H36ClFN8O2/c1-20(39(4)23-8-9-23)19-44-32-37-27-18-40(28-16-36-14-22-6-5-7-26(33)29(22)28)11-10-25(27)30(38-32)41-12-13-42(31(43)21(2)34)24(17-41)15-35-3/h5-7,14,16,20,23-24H,2,8-13,15,17-19H2,1,4H3/t20-,24+/m1/s1. The highest BCUT2D eigenvalue weighted by Crippen LogP contribution is 2.37. The average Bonchev–Trinajstić information content (AvgIpc) is 3.88. The molecule has 1 saturated heterocycles.